The van der Waals surface area contributed by atoms with E-state index in [1.54, 1.807) is 25.1 Å². The number of rotatable bonds is 3. The quantitative estimate of drug-likeness (QED) is 0.802. The van der Waals surface area contributed by atoms with Gasteiger partial charge in [-0.3, -0.25) is 5.10 Å². The maximum absolute atomic E-state index is 5.77. The molecule has 0 amide bonds. The highest BCUT2D eigenvalue weighted by Crippen LogP contribution is 2.33. The molecule has 16 heavy (non-hydrogen) atoms. The maximum atomic E-state index is 5.77. The Morgan fingerprint density at radius 2 is 2.25 bits per heavy atom. The number of anilines is 1. The van der Waals surface area contributed by atoms with Crippen LogP contribution in [0.15, 0.2) is 29.3 Å². The molecule has 0 aliphatic rings. The van der Waals surface area contributed by atoms with E-state index in [9.17, 15) is 0 Å². The highest BCUT2D eigenvalue weighted by atomic mass is 32.2. The van der Waals surface area contributed by atoms with E-state index in [1.165, 1.54) is 0 Å². The monoisotopic (exact) mass is 235 g/mol. The molecule has 3 N–H and O–H groups in total. The Hall–Kier alpha value is -1.62. The first-order chi connectivity index (χ1) is 7.76. The number of nitrogens with one attached hydrogen (secondary N) is 1. The number of methoxy groups -OCH3 is 1. The topological polar surface area (TPSA) is 63.9 Å². The first-order valence-electron chi connectivity index (χ1n) is 4.77. The Morgan fingerprint density at radius 3 is 2.81 bits per heavy atom. The first kappa shape index (κ1) is 10.9. The number of aromatic amines is 1. The lowest BCUT2D eigenvalue weighted by Crippen LogP contribution is -1.90. The van der Waals surface area contributed by atoms with Crippen LogP contribution in [-0.4, -0.2) is 23.6 Å². The zero-order valence-electron chi connectivity index (χ0n) is 9.15. The minimum atomic E-state index is 0.568. The van der Waals surface area contributed by atoms with Gasteiger partial charge in [0.05, 0.1) is 13.3 Å². The Balaban J connectivity index is 2.48. The summed E-state index contributed by atoms with van der Waals surface area (Å²) in [5, 5.41) is 6.62. The van der Waals surface area contributed by atoms with Gasteiger partial charge in [-0.25, -0.2) is 0 Å². The second-order valence-electron chi connectivity index (χ2n) is 3.27. The molecule has 0 saturated carbocycles. The van der Waals surface area contributed by atoms with Crippen molar-refractivity contribution in [3.8, 4) is 16.9 Å². The van der Waals surface area contributed by atoms with E-state index in [-0.39, 0.29) is 0 Å². The number of thioether (sulfide) groups is 1. The average Bonchev–Trinajstić information content (AvgIpc) is 2.74. The van der Waals surface area contributed by atoms with Crippen LogP contribution in [0.2, 0.25) is 0 Å². The second kappa shape index (κ2) is 4.49. The van der Waals surface area contributed by atoms with E-state index in [0.29, 0.717) is 5.82 Å². The smallest absolute Gasteiger partial charge is 0.133 e. The van der Waals surface area contributed by atoms with Crippen LogP contribution in [0, 0.1) is 0 Å². The van der Waals surface area contributed by atoms with Crippen LogP contribution in [-0.2, 0) is 0 Å². The average molecular weight is 235 g/mol. The van der Waals surface area contributed by atoms with Crippen LogP contribution in [0.3, 0.4) is 0 Å². The molecule has 2 aromatic rings. The summed E-state index contributed by atoms with van der Waals surface area (Å²) >= 11 is 1.65. The summed E-state index contributed by atoms with van der Waals surface area (Å²) in [4.78, 5) is 1.10. The number of H-pyrrole nitrogens is 1. The Bertz CT molecular complexity index is 496. The van der Waals surface area contributed by atoms with Gasteiger partial charge in [-0.15, -0.1) is 11.8 Å². The molecule has 1 aromatic heterocycles. The van der Waals surface area contributed by atoms with E-state index in [2.05, 4.69) is 10.2 Å². The lowest BCUT2D eigenvalue weighted by Gasteiger charge is -2.08. The van der Waals surface area contributed by atoms with Crippen LogP contribution in [0.1, 0.15) is 0 Å². The molecule has 2 rings (SSSR count). The molecule has 0 spiro atoms. The van der Waals surface area contributed by atoms with Crippen LogP contribution in [0.25, 0.3) is 11.1 Å². The molecule has 5 heteroatoms. The summed E-state index contributed by atoms with van der Waals surface area (Å²) in [6, 6.07) is 5.99. The summed E-state index contributed by atoms with van der Waals surface area (Å²) < 4.78 is 5.32. The van der Waals surface area contributed by atoms with Crippen molar-refractivity contribution in [2.24, 2.45) is 0 Å². The van der Waals surface area contributed by atoms with E-state index >= 15 is 0 Å². The van der Waals surface area contributed by atoms with Crippen LogP contribution >= 0.6 is 11.8 Å². The summed E-state index contributed by atoms with van der Waals surface area (Å²) in [6.07, 6.45) is 3.73. The van der Waals surface area contributed by atoms with Gasteiger partial charge in [0.15, 0.2) is 0 Å². The first-order valence-corrected chi connectivity index (χ1v) is 6.00. The number of ether oxygens (including phenoxy) is 1. The van der Waals surface area contributed by atoms with Crippen LogP contribution in [0.4, 0.5) is 5.82 Å². The fourth-order valence-corrected chi connectivity index (χ4v) is 2.08. The lowest BCUT2D eigenvalue weighted by atomic mass is 10.1. The molecular formula is C11H13N3OS. The van der Waals surface area contributed by atoms with Gasteiger partial charge in [-0.05, 0) is 24.0 Å². The van der Waals surface area contributed by atoms with E-state index in [4.69, 9.17) is 10.5 Å². The number of benzene rings is 1. The zero-order chi connectivity index (χ0) is 11.5. The Morgan fingerprint density at radius 1 is 1.44 bits per heavy atom. The van der Waals surface area contributed by atoms with Gasteiger partial charge < -0.3 is 10.5 Å². The van der Waals surface area contributed by atoms with Crippen molar-refractivity contribution in [1.29, 1.82) is 0 Å². The van der Waals surface area contributed by atoms with Gasteiger partial charge in [0.1, 0.15) is 11.6 Å². The van der Waals surface area contributed by atoms with Gasteiger partial charge in [-0.2, -0.15) is 5.10 Å². The van der Waals surface area contributed by atoms with E-state index in [0.717, 1.165) is 21.8 Å². The van der Waals surface area contributed by atoms with Crippen LogP contribution < -0.4 is 10.5 Å². The number of hydrogen-bond donors (Lipinski definition) is 2. The van der Waals surface area contributed by atoms with Gasteiger partial charge in [0.25, 0.3) is 0 Å². The zero-order valence-corrected chi connectivity index (χ0v) is 9.97. The molecule has 0 aliphatic carbocycles. The fraction of sp³-hybridized carbons (Fsp3) is 0.182. The third kappa shape index (κ3) is 1.86. The summed E-state index contributed by atoms with van der Waals surface area (Å²) in [6.45, 7) is 0. The number of nitrogen functional groups attached to an aromatic ring is 1. The number of nitrogens with zero attached hydrogens (tertiary/aromatic N) is 1. The number of aromatic nitrogens is 2. The Labute approximate surface area is 98.2 Å². The summed E-state index contributed by atoms with van der Waals surface area (Å²) in [5.41, 5.74) is 7.67. The predicted octanol–water partition coefficient (Wildman–Crippen LogP) is 2.39. The van der Waals surface area contributed by atoms with Crippen molar-refractivity contribution in [2.75, 3.05) is 19.1 Å². The van der Waals surface area contributed by atoms with Gasteiger partial charge in [0, 0.05) is 10.5 Å². The molecule has 1 aromatic carbocycles. The third-order valence-electron chi connectivity index (χ3n) is 2.36. The largest absolute Gasteiger partial charge is 0.496 e. The number of nitrogens with two attached hydrogens (primary N) is 1. The Kier molecular flexibility index (Phi) is 3.05. The van der Waals surface area contributed by atoms with Crippen molar-refractivity contribution in [3.63, 3.8) is 0 Å². The third-order valence-corrected chi connectivity index (χ3v) is 3.14. The molecule has 0 aliphatic heterocycles. The van der Waals surface area contributed by atoms with E-state index < -0.39 is 0 Å². The van der Waals surface area contributed by atoms with E-state index in [1.807, 2.05) is 24.5 Å². The van der Waals surface area contributed by atoms with Gasteiger partial charge >= 0.3 is 0 Å². The van der Waals surface area contributed by atoms with Gasteiger partial charge in [-0.1, -0.05) is 6.07 Å². The molecular weight excluding hydrogens is 222 g/mol. The standard InChI is InChI=1S/C11H13N3OS/c1-15-9-5-7(3-4-10(9)16-2)8-6-13-14-11(8)12/h3-6H,1-2H3,(H3,12,13,14). The maximum Gasteiger partial charge on any atom is 0.133 e. The minimum Gasteiger partial charge on any atom is -0.496 e. The van der Waals surface area contributed by atoms with Crippen molar-refractivity contribution < 1.29 is 4.74 Å². The molecule has 84 valence electrons. The SMILES string of the molecule is COc1cc(-c2cn[nH]c2N)ccc1SC. The lowest BCUT2D eigenvalue weighted by molar-refractivity contribution is 0.405. The summed E-state index contributed by atoms with van der Waals surface area (Å²) in [5.74, 6) is 1.42. The second-order valence-corrected chi connectivity index (χ2v) is 4.12. The molecule has 0 radical (unpaired) electrons. The predicted molar refractivity (Wildman–Crippen MR) is 66.8 cm³/mol. The fourth-order valence-electron chi connectivity index (χ4n) is 1.53. The normalized spacial score (nSPS) is 10.4. The number of hydrogen-bond acceptors (Lipinski definition) is 4. The minimum absolute atomic E-state index is 0.568. The molecule has 0 fully saturated rings. The molecule has 0 unspecified atom stereocenters. The molecule has 1 heterocycles. The highest BCUT2D eigenvalue weighted by Gasteiger charge is 2.08. The van der Waals surface area contributed by atoms with Crippen molar-refractivity contribution >= 4 is 17.6 Å². The molecule has 0 bridgehead atoms. The van der Waals surface area contributed by atoms with Crippen molar-refractivity contribution in [3.05, 3.63) is 24.4 Å². The molecule has 0 saturated heterocycles. The van der Waals surface area contributed by atoms with Crippen molar-refractivity contribution in [1.82, 2.24) is 10.2 Å². The molecule has 0 atom stereocenters. The van der Waals surface area contributed by atoms with Gasteiger partial charge in [0.2, 0.25) is 0 Å². The summed E-state index contributed by atoms with van der Waals surface area (Å²) in [7, 11) is 1.66. The van der Waals surface area contributed by atoms with Crippen molar-refractivity contribution in [2.45, 2.75) is 4.90 Å². The highest BCUT2D eigenvalue weighted by molar-refractivity contribution is 7.98. The molecule has 4 nitrogen and oxygen atoms in total. The van der Waals surface area contributed by atoms with Crippen LogP contribution in [0.5, 0.6) is 5.75 Å².